The third-order valence-electron chi connectivity index (χ3n) is 14.3. The number of Topliss-reactive ketones (excluding diaryl/α,β-unsaturated/α-hetero) is 3. The number of ether oxygens (including phenoxy) is 8. The summed E-state index contributed by atoms with van der Waals surface area (Å²) in [5, 5.41) is 69.8. The number of aliphatic hydroxyl groups excluding tert-OH is 6. The van der Waals surface area contributed by atoms with Gasteiger partial charge in [0.05, 0.1) is 70.7 Å². The van der Waals surface area contributed by atoms with Gasteiger partial charge in [-0.15, -0.1) is 0 Å². The molecule has 0 heterocycles. The third kappa shape index (κ3) is 28.8. The number of hydrogen-bond acceptors (Lipinski definition) is 20. The molecule has 0 aromatic heterocycles. The Hall–Kier alpha value is -6.44. The van der Waals surface area contributed by atoms with Crippen LogP contribution in [-0.4, -0.2) is 180 Å². The first kappa shape index (κ1) is 74.0. The molecule has 88 heavy (non-hydrogen) atoms. The first-order valence-corrected chi connectivity index (χ1v) is 29.9. The summed E-state index contributed by atoms with van der Waals surface area (Å²) in [5.41, 5.74) is 0. The Morgan fingerprint density at radius 3 is 1.17 bits per heavy atom. The molecule has 0 saturated heterocycles. The van der Waals surface area contributed by atoms with Crippen LogP contribution < -0.4 is 14.2 Å². The minimum atomic E-state index is -0.965. The number of carboxylic acids is 1. The average Bonchev–Trinajstić information content (AvgIpc) is 3.09. The second-order valence-corrected chi connectivity index (χ2v) is 21.8. The molecule has 6 unspecified atom stereocenters. The molecule has 3 fully saturated rings. The van der Waals surface area contributed by atoms with Crippen LogP contribution in [0.5, 0.6) is 17.2 Å². The van der Waals surface area contributed by atoms with Gasteiger partial charge in [0.15, 0.2) is 0 Å². The van der Waals surface area contributed by atoms with Gasteiger partial charge in [0.25, 0.3) is 0 Å². The van der Waals surface area contributed by atoms with Crippen LogP contribution in [0.4, 0.5) is 4.39 Å². The number of carbonyl (C=O) groups is 6. The van der Waals surface area contributed by atoms with E-state index in [0.717, 1.165) is 0 Å². The molecule has 3 aromatic rings. The van der Waals surface area contributed by atoms with E-state index >= 15 is 0 Å². The van der Waals surface area contributed by atoms with Crippen molar-refractivity contribution in [2.24, 2.45) is 17.8 Å². The molecule has 0 amide bonds. The standard InChI is InChI=1S/C22H29ClO7.C22H29FO7.C21H28O7/c2*1-28-21(27)7-5-3-2-4-6-18-19(25)12-20(26)22(18)30-14-16(24)13-29-17-10-8-15(23)9-11-17;22-15(13-27-16-8-4-3-5-9-16)14-28-21-17(18(23)12-19(21)24)10-6-1-2-7-11-20(25)26/h2*2,4,8-11,16,18,20,22,24,26H,3,5-7,12-14H2,1H3;1,3-6,8-9,15,17,19,21-22,24H,2,7,10-14H2,(H,25,26)/b2*4-2-;6-1-/t16?,18-,20?,22?;16-,18-,20+,22+;15?,17-,19?,21?/m000/s1. The Kier molecular flexibility index (Phi) is 35.1. The van der Waals surface area contributed by atoms with Crippen molar-refractivity contribution in [3.8, 4) is 17.2 Å². The van der Waals surface area contributed by atoms with E-state index in [1.807, 2.05) is 54.7 Å². The summed E-state index contributed by atoms with van der Waals surface area (Å²) >= 11 is 5.82. The number of para-hydroxylation sites is 1. The van der Waals surface area contributed by atoms with E-state index in [4.69, 9.17) is 45.1 Å². The molecule has 486 valence electrons. The van der Waals surface area contributed by atoms with Gasteiger partial charge in [-0.2, -0.15) is 0 Å². The molecule has 3 aliphatic carbocycles. The number of halogens is 2. The maximum atomic E-state index is 12.9. The SMILES string of the molecule is COC(=O)CCC/C=C\C[C@H]1C(=O)CC(O)C1OCC(O)COc1ccc(Cl)cc1.COC(=O)CCC/C=C\C[C@H]1C(=O)C[C@@H](O)[C@@H]1OC[C@@H](O)COc1ccc(F)cc1.O=C(O)CCC/C=C\C[C@H]1C(=O)CC(O)C1OCC(O)COc1ccccc1. The lowest BCUT2D eigenvalue weighted by Crippen LogP contribution is -2.34. The molecule has 7 N–H and O–H groups in total. The van der Waals surface area contributed by atoms with Gasteiger partial charge in [-0.25, -0.2) is 4.39 Å². The van der Waals surface area contributed by atoms with Crippen molar-refractivity contribution < 1.29 is 107 Å². The number of methoxy groups -OCH3 is 2. The van der Waals surface area contributed by atoms with Crippen molar-refractivity contribution >= 4 is 46.9 Å². The smallest absolute Gasteiger partial charge is 0.305 e. The van der Waals surface area contributed by atoms with Gasteiger partial charge >= 0.3 is 17.9 Å². The first-order valence-electron chi connectivity index (χ1n) is 29.5. The number of aliphatic hydroxyl groups is 6. The van der Waals surface area contributed by atoms with Gasteiger partial charge in [0.1, 0.15) is 78.5 Å². The fourth-order valence-corrected chi connectivity index (χ4v) is 9.73. The van der Waals surface area contributed by atoms with E-state index < -0.39 is 78.7 Å². The lowest BCUT2D eigenvalue weighted by molar-refractivity contribution is -0.141. The minimum absolute atomic E-state index is 0.0170. The van der Waals surface area contributed by atoms with Gasteiger partial charge in [-0.1, -0.05) is 66.3 Å². The molecule has 21 nitrogen and oxygen atoms in total. The molecule has 0 radical (unpaired) electrons. The predicted octanol–water partition coefficient (Wildman–Crippen LogP) is 6.86. The molecule has 3 aliphatic rings. The Morgan fingerprint density at radius 2 is 0.830 bits per heavy atom. The van der Waals surface area contributed by atoms with E-state index in [0.29, 0.717) is 92.9 Å². The predicted molar refractivity (Wildman–Crippen MR) is 320 cm³/mol. The van der Waals surface area contributed by atoms with Crippen molar-refractivity contribution in [3.05, 3.63) is 126 Å². The van der Waals surface area contributed by atoms with Crippen LogP contribution in [0.2, 0.25) is 5.02 Å². The largest absolute Gasteiger partial charge is 0.491 e. The highest BCUT2D eigenvalue weighted by Gasteiger charge is 2.44. The Morgan fingerprint density at radius 1 is 0.500 bits per heavy atom. The van der Waals surface area contributed by atoms with E-state index in [9.17, 15) is 63.8 Å². The Bertz CT molecular complexity index is 2500. The summed E-state index contributed by atoms with van der Waals surface area (Å²) in [7, 11) is 2.71. The summed E-state index contributed by atoms with van der Waals surface area (Å²) < 4.78 is 55.3. The number of unbranched alkanes of at least 4 members (excludes halogenated alkanes) is 3. The number of carboxylic acid groups (broad SMARTS) is 1. The van der Waals surface area contributed by atoms with Gasteiger partial charge in [0.2, 0.25) is 0 Å². The van der Waals surface area contributed by atoms with E-state index in [1.54, 1.807) is 36.4 Å². The fraction of sp³-hybridized carbons (Fsp3) is 0.538. The second-order valence-electron chi connectivity index (χ2n) is 21.4. The molecule has 0 aliphatic heterocycles. The van der Waals surface area contributed by atoms with Crippen molar-refractivity contribution in [3.63, 3.8) is 0 Å². The molecule has 6 rings (SSSR count). The molecule has 0 bridgehead atoms. The fourth-order valence-electron chi connectivity index (χ4n) is 9.61. The molecule has 0 spiro atoms. The zero-order valence-corrected chi connectivity index (χ0v) is 50.6. The van der Waals surface area contributed by atoms with Gasteiger partial charge in [-0.05, 0) is 118 Å². The Balaban J connectivity index is 0.000000283. The number of aliphatic carboxylic acids is 1. The lowest BCUT2D eigenvalue weighted by Gasteiger charge is -2.22. The van der Waals surface area contributed by atoms with Gasteiger partial charge in [0, 0.05) is 61.3 Å². The van der Waals surface area contributed by atoms with Gasteiger partial charge in [-0.3, -0.25) is 28.8 Å². The zero-order valence-electron chi connectivity index (χ0n) is 49.8. The van der Waals surface area contributed by atoms with E-state index in [1.165, 1.54) is 38.5 Å². The molecular formula is C65H86ClFO21. The van der Waals surface area contributed by atoms with Crippen LogP contribution in [0, 0.1) is 23.6 Å². The van der Waals surface area contributed by atoms with E-state index in [2.05, 4.69) is 9.47 Å². The van der Waals surface area contributed by atoms with Crippen LogP contribution in [0.1, 0.15) is 96.3 Å². The number of esters is 2. The summed E-state index contributed by atoms with van der Waals surface area (Å²) in [6.45, 7) is -0.191. The zero-order chi connectivity index (χ0) is 64.2. The summed E-state index contributed by atoms with van der Waals surface area (Å²) in [6, 6.07) is 21.3. The molecule has 3 aromatic carbocycles. The normalized spacial score (nSPS) is 22.7. The number of allylic oxidation sites excluding steroid dienone is 6. The molecule has 23 heteroatoms. The first-order chi connectivity index (χ1) is 42.3. The number of benzene rings is 3. The summed E-state index contributed by atoms with van der Waals surface area (Å²) in [4.78, 5) is 69.1. The topological polar surface area (TPSA) is 318 Å². The number of hydrogen-bond donors (Lipinski definition) is 7. The number of carbonyl (C=O) groups excluding carboxylic acids is 5. The molecular weight excluding hydrogens is 1170 g/mol. The minimum Gasteiger partial charge on any atom is -0.491 e. The van der Waals surface area contributed by atoms with Crippen LogP contribution in [0.15, 0.2) is 115 Å². The van der Waals surface area contributed by atoms with Crippen molar-refractivity contribution in [1.29, 1.82) is 0 Å². The van der Waals surface area contributed by atoms with Gasteiger partial charge < -0.3 is 73.6 Å². The van der Waals surface area contributed by atoms with Crippen molar-refractivity contribution in [2.45, 2.75) is 151 Å². The second kappa shape index (κ2) is 41.7. The maximum absolute atomic E-state index is 12.9. The monoisotopic (exact) mass is 1260 g/mol. The Labute approximate surface area is 518 Å². The lowest BCUT2D eigenvalue weighted by atomic mass is 9.99. The highest BCUT2D eigenvalue weighted by atomic mass is 35.5. The molecule has 3 saturated carbocycles. The summed E-state index contributed by atoms with van der Waals surface area (Å²) in [5.74, 6) is -1.69. The van der Waals surface area contributed by atoms with E-state index in [-0.39, 0.29) is 100 Å². The third-order valence-corrected chi connectivity index (χ3v) is 14.6. The van der Waals surface area contributed by atoms with Crippen LogP contribution in [0.25, 0.3) is 0 Å². The van der Waals surface area contributed by atoms with Crippen LogP contribution in [-0.2, 0) is 52.5 Å². The number of ketones is 3. The average molecular weight is 1260 g/mol. The highest BCUT2D eigenvalue weighted by molar-refractivity contribution is 6.30. The highest BCUT2D eigenvalue weighted by Crippen LogP contribution is 2.32. The quantitative estimate of drug-likeness (QED) is 0.0178. The molecule has 12 atom stereocenters. The summed E-state index contributed by atoms with van der Waals surface area (Å²) in [6.07, 6.45) is 9.79. The van der Waals surface area contributed by atoms with Crippen molar-refractivity contribution in [1.82, 2.24) is 0 Å². The van der Waals surface area contributed by atoms with Crippen molar-refractivity contribution in [2.75, 3.05) is 53.9 Å². The number of rotatable bonds is 36. The van der Waals surface area contributed by atoms with Crippen LogP contribution >= 0.6 is 11.6 Å². The maximum Gasteiger partial charge on any atom is 0.305 e. The van der Waals surface area contributed by atoms with Crippen LogP contribution in [0.3, 0.4) is 0 Å².